The Bertz CT molecular complexity index is 1000. The minimum atomic E-state index is -3.69. The molecule has 3 N–H and O–H groups in total. The quantitative estimate of drug-likeness (QED) is 0.525. The smallest absolute Gasteiger partial charge is 0.251 e. The van der Waals surface area contributed by atoms with E-state index in [2.05, 4.69) is 15.4 Å². The predicted octanol–water partition coefficient (Wildman–Crippen LogP) is 2.31. The molecule has 0 fully saturated rings. The fraction of sp³-hybridized carbons (Fsp3) is 0.333. The van der Waals surface area contributed by atoms with E-state index in [1.54, 1.807) is 51.1 Å². The van der Waals surface area contributed by atoms with Crippen molar-refractivity contribution in [3.63, 3.8) is 0 Å². The molecule has 0 aromatic heterocycles. The van der Waals surface area contributed by atoms with Gasteiger partial charge < -0.3 is 15.4 Å². The first-order valence-electron chi connectivity index (χ1n) is 9.47. The maximum atomic E-state index is 12.4. The first-order chi connectivity index (χ1) is 14.1. The molecule has 0 saturated carbocycles. The van der Waals surface area contributed by atoms with Gasteiger partial charge in [0.15, 0.2) is 0 Å². The lowest BCUT2D eigenvalue weighted by atomic mass is 10.1. The predicted molar refractivity (Wildman–Crippen MR) is 115 cm³/mol. The largest absolute Gasteiger partial charge is 0.496 e. The van der Waals surface area contributed by atoms with E-state index in [1.165, 1.54) is 19.2 Å². The highest BCUT2D eigenvalue weighted by Gasteiger charge is 2.15. The zero-order valence-electron chi connectivity index (χ0n) is 17.5. The lowest BCUT2D eigenvalue weighted by Gasteiger charge is -2.11. The number of nitrogens with one attached hydrogen (secondary N) is 3. The van der Waals surface area contributed by atoms with Crippen molar-refractivity contribution in [1.82, 2.24) is 10.0 Å². The standard InChI is InChI=1S/C21H27N3O5S/c1-14(2)20(25)24-17-7-5-16(6-8-17)21(26)22-11-12-23-30(27,28)18-9-10-19(29-4)15(3)13-18/h5-10,13-14,23H,11-12H2,1-4H3,(H,22,26)(H,24,25). The van der Waals surface area contributed by atoms with Crippen molar-refractivity contribution in [2.45, 2.75) is 25.7 Å². The van der Waals surface area contributed by atoms with Crippen molar-refractivity contribution in [2.24, 2.45) is 5.92 Å². The Hall–Kier alpha value is -2.91. The molecule has 0 atom stereocenters. The third-order valence-corrected chi connectivity index (χ3v) is 5.78. The zero-order valence-corrected chi connectivity index (χ0v) is 18.3. The van der Waals surface area contributed by atoms with Crippen molar-refractivity contribution in [3.05, 3.63) is 53.6 Å². The Labute approximate surface area is 177 Å². The van der Waals surface area contributed by atoms with Gasteiger partial charge in [-0.25, -0.2) is 13.1 Å². The molecule has 0 aliphatic rings. The summed E-state index contributed by atoms with van der Waals surface area (Å²) in [6.45, 7) is 5.51. The lowest BCUT2D eigenvalue weighted by molar-refractivity contribution is -0.118. The van der Waals surface area contributed by atoms with E-state index in [0.29, 0.717) is 22.6 Å². The van der Waals surface area contributed by atoms with Gasteiger partial charge in [0.1, 0.15) is 5.75 Å². The summed E-state index contributed by atoms with van der Waals surface area (Å²) in [5, 5.41) is 5.41. The van der Waals surface area contributed by atoms with Crippen molar-refractivity contribution in [3.8, 4) is 5.75 Å². The van der Waals surface area contributed by atoms with Crippen molar-refractivity contribution >= 4 is 27.5 Å². The van der Waals surface area contributed by atoms with Crippen LogP contribution >= 0.6 is 0 Å². The van der Waals surface area contributed by atoms with E-state index < -0.39 is 10.0 Å². The number of hydrogen-bond acceptors (Lipinski definition) is 5. The summed E-state index contributed by atoms with van der Waals surface area (Å²) < 4.78 is 32.3. The molecular formula is C21H27N3O5S. The van der Waals surface area contributed by atoms with Gasteiger partial charge in [0.2, 0.25) is 15.9 Å². The topological polar surface area (TPSA) is 114 Å². The van der Waals surface area contributed by atoms with Crippen LogP contribution in [0.25, 0.3) is 0 Å². The van der Waals surface area contributed by atoms with Gasteiger partial charge in [-0.15, -0.1) is 0 Å². The Morgan fingerprint density at radius 2 is 1.70 bits per heavy atom. The Morgan fingerprint density at radius 3 is 2.27 bits per heavy atom. The van der Waals surface area contributed by atoms with E-state index in [-0.39, 0.29) is 35.7 Å². The third-order valence-electron chi connectivity index (χ3n) is 4.32. The number of methoxy groups -OCH3 is 1. The summed E-state index contributed by atoms with van der Waals surface area (Å²) in [7, 11) is -2.17. The molecule has 0 bridgehead atoms. The maximum Gasteiger partial charge on any atom is 0.251 e. The summed E-state index contributed by atoms with van der Waals surface area (Å²) in [5.74, 6) is 0.0253. The van der Waals surface area contributed by atoms with E-state index in [4.69, 9.17) is 4.74 Å². The van der Waals surface area contributed by atoms with Gasteiger partial charge >= 0.3 is 0 Å². The molecule has 0 spiro atoms. The van der Waals surface area contributed by atoms with E-state index in [1.807, 2.05) is 0 Å². The summed E-state index contributed by atoms with van der Waals surface area (Å²) in [6.07, 6.45) is 0. The first kappa shape index (κ1) is 23.4. The number of benzene rings is 2. The molecule has 0 radical (unpaired) electrons. The second kappa shape index (κ2) is 10.2. The number of amides is 2. The molecule has 0 unspecified atom stereocenters. The van der Waals surface area contributed by atoms with Gasteiger partial charge in [0.25, 0.3) is 5.91 Å². The number of rotatable bonds is 9. The number of aryl methyl sites for hydroxylation is 1. The molecule has 2 amide bonds. The number of hydrogen-bond donors (Lipinski definition) is 3. The fourth-order valence-electron chi connectivity index (χ4n) is 2.56. The van der Waals surface area contributed by atoms with Gasteiger partial charge in [-0.05, 0) is 55.0 Å². The molecule has 8 nitrogen and oxygen atoms in total. The minimum Gasteiger partial charge on any atom is -0.496 e. The number of anilines is 1. The number of ether oxygens (including phenoxy) is 1. The van der Waals surface area contributed by atoms with Crippen LogP contribution in [0.4, 0.5) is 5.69 Å². The lowest BCUT2D eigenvalue weighted by Crippen LogP contribution is -2.34. The molecule has 30 heavy (non-hydrogen) atoms. The van der Waals surface area contributed by atoms with Crippen molar-refractivity contribution in [2.75, 3.05) is 25.5 Å². The number of carbonyl (C=O) groups is 2. The highest BCUT2D eigenvalue weighted by atomic mass is 32.2. The van der Waals surface area contributed by atoms with Gasteiger partial charge in [-0.1, -0.05) is 13.8 Å². The molecule has 0 saturated heterocycles. The normalized spacial score (nSPS) is 11.2. The summed E-state index contributed by atoms with van der Waals surface area (Å²) in [5.41, 5.74) is 1.72. The summed E-state index contributed by atoms with van der Waals surface area (Å²) in [6, 6.07) is 11.1. The van der Waals surface area contributed by atoms with Crippen LogP contribution in [0.2, 0.25) is 0 Å². The van der Waals surface area contributed by atoms with Crippen molar-refractivity contribution in [1.29, 1.82) is 0 Å². The first-order valence-corrected chi connectivity index (χ1v) is 11.0. The van der Waals surface area contributed by atoms with Crippen LogP contribution in [0.1, 0.15) is 29.8 Å². The summed E-state index contributed by atoms with van der Waals surface area (Å²) >= 11 is 0. The van der Waals surface area contributed by atoms with Crippen LogP contribution in [0.5, 0.6) is 5.75 Å². The van der Waals surface area contributed by atoms with Crippen LogP contribution in [0.3, 0.4) is 0 Å². The maximum absolute atomic E-state index is 12.4. The molecule has 2 aromatic rings. The average molecular weight is 434 g/mol. The Kier molecular flexibility index (Phi) is 7.96. The van der Waals surface area contributed by atoms with Crippen LogP contribution in [-0.4, -0.2) is 40.4 Å². The average Bonchev–Trinajstić information content (AvgIpc) is 2.71. The van der Waals surface area contributed by atoms with Gasteiger partial charge in [-0.2, -0.15) is 0 Å². The second-order valence-corrected chi connectivity index (χ2v) is 8.77. The molecule has 9 heteroatoms. The molecular weight excluding hydrogens is 406 g/mol. The molecule has 162 valence electrons. The molecule has 0 aliphatic carbocycles. The van der Waals surface area contributed by atoms with Gasteiger partial charge in [0.05, 0.1) is 12.0 Å². The SMILES string of the molecule is COc1ccc(S(=O)(=O)NCCNC(=O)c2ccc(NC(=O)C(C)C)cc2)cc1C. The highest BCUT2D eigenvalue weighted by Crippen LogP contribution is 2.21. The highest BCUT2D eigenvalue weighted by molar-refractivity contribution is 7.89. The van der Waals surface area contributed by atoms with Crippen LogP contribution in [-0.2, 0) is 14.8 Å². The van der Waals surface area contributed by atoms with Crippen LogP contribution < -0.4 is 20.1 Å². The molecule has 2 rings (SSSR count). The van der Waals surface area contributed by atoms with Crippen LogP contribution in [0.15, 0.2) is 47.4 Å². The monoisotopic (exact) mass is 433 g/mol. The third kappa shape index (κ3) is 6.30. The minimum absolute atomic E-state index is 0.0433. The number of sulfonamides is 1. The Morgan fingerprint density at radius 1 is 1.03 bits per heavy atom. The van der Waals surface area contributed by atoms with E-state index in [0.717, 1.165) is 0 Å². The molecule has 2 aromatic carbocycles. The zero-order chi connectivity index (χ0) is 22.3. The van der Waals surface area contributed by atoms with E-state index in [9.17, 15) is 18.0 Å². The van der Waals surface area contributed by atoms with Crippen LogP contribution in [0, 0.1) is 12.8 Å². The molecule has 0 aliphatic heterocycles. The number of carbonyl (C=O) groups excluding carboxylic acids is 2. The molecule has 0 heterocycles. The van der Waals surface area contributed by atoms with E-state index >= 15 is 0 Å². The fourth-order valence-corrected chi connectivity index (χ4v) is 3.67. The summed E-state index contributed by atoms with van der Waals surface area (Å²) in [4.78, 5) is 24.0. The van der Waals surface area contributed by atoms with Crippen molar-refractivity contribution < 1.29 is 22.7 Å². The second-order valence-electron chi connectivity index (χ2n) is 7.01. The van der Waals surface area contributed by atoms with Gasteiger partial charge in [-0.3, -0.25) is 9.59 Å². The Balaban J connectivity index is 1.85. The van der Waals surface area contributed by atoms with Gasteiger partial charge in [0, 0.05) is 30.3 Å².